The molecule has 1 amide bonds. The van der Waals surface area contributed by atoms with E-state index in [2.05, 4.69) is 10.3 Å². The van der Waals surface area contributed by atoms with Gasteiger partial charge in [-0.05, 0) is 25.3 Å². The monoisotopic (exact) mass is 321 g/mol. The molecule has 0 saturated heterocycles. The minimum Gasteiger partial charge on any atom is -0.480 e. The first kappa shape index (κ1) is 17.1. The minimum absolute atomic E-state index is 0.0755. The summed E-state index contributed by atoms with van der Waals surface area (Å²) in [5, 5.41) is 11.1. The second-order valence-electron chi connectivity index (χ2n) is 4.38. The highest BCUT2D eigenvalue weighted by Crippen LogP contribution is 2.13. The lowest BCUT2D eigenvalue weighted by Gasteiger charge is -2.06. The number of carbonyl (C=O) groups is 2. The maximum Gasteiger partial charge on any atom is 0.333 e. The van der Waals surface area contributed by atoms with Crippen molar-refractivity contribution in [1.82, 2.24) is 10.3 Å². The third-order valence-electron chi connectivity index (χ3n) is 2.73. The predicted molar refractivity (Wildman–Crippen MR) is 70.9 cm³/mol. The third kappa shape index (κ3) is 5.52. The Kier molecular flexibility index (Phi) is 5.85. The molecule has 0 saturated carbocycles. The highest BCUT2D eigenvalue weighted by atomic mass is 32.3. The van der Waals surface area contributed by atoms with Gasteiger partial charge in [-0.2, -0.15) is 8.42 Å². The normalized spacial score (nSPS) is 12.9. The largest absolute Gasteiger partial charge is 0.480 e. The fraction of sp³-hybridized carbons (Fsp3) is 0.455. The van der Waals surface area contributed by atoms with Crippen LogP contribution >= 0.6 is 0 Å². The van der Waals surface area contributed by atoms with Gasteiger partial charge in [-0.25, -0.2) is 0 Å². The zero-order valence-electron chi connectivity index (χ0n) is 11.0. The molecule has 0 spiro atoms. The van der Waals surface area contributed by atoms with E-state index in [4.69, 9.17) is 10.8 Å². The van der Waals surface area contributed by atoms with Crippen molar-refractivity contribution < 1.29 is 27.0 Å². The van der Waals surface area contributed by atoms with Crippen molar-refractivity contribution in [3.63, 3.8) is 0 Å². The number of nitrogens with one attached hydrogen (secondary N) is 2. The molecule has 0 radical (unpaired) electrons. The van der Waals surface area contributed by atoms with Gasteiger partial charge in [0, 0.05) is 12.7 Å². The molecule has 21 heavy (non-hydrogen) atoms. The highest BCUT2D eigenvalue weighted by molar-refractivity contribution is 7.86. The molecule has 0 aliphatic carbocycles. The van der Waals surface area contributed by atoms with Gasteiger partial charge in [-0.1, -0.05) is 0 Å². The second kappa shape index (κ2) is 7.18. The van der Waals surface area contributed by atoms with E-state index in [0.29, 0.717) is 12.8 Å². The Balaban J connectivity index is 2.35. The van der Waals surface area contributed by atoms with Crippen LogP contribution in [0.3, 0.4) is 0 Å². The molecule has 0 fully saturated rings. The Morgan fingerprint density at radius 2 is 2.10 bits per heavy atom. The van der Waals surface area contributed by atoms with Crippen LogP contribution in [0.25, 0.3) is 0 Å². The summed E-state index contributed by atoms with van der Waals surface area (Å²) < 4.78 is 33.9. The van der Waals surface area contributed by atoms with E-state index in [-0.39, 0.29) is 18.7 Å². The smallest absolute Gasteiger partial charge is 0.333 e. The zero-order valence-corrected chi connectivity index (χ0v) is 11.8. The fourth-order valence-corrected chi connectivity index (χ4v) is 2.01. The van der Waals surface area contributed by atoms with Crippen LogP contribution in [0.2, 0.25) is 0 Å². The first-order valence-electron chi connectivity index (χ1n) is 6.11. The van der Waals surface area contributed by atoms with Gasteiger partial charge in [0.1, 0.15) is 16.6 Å². The maximum atomic E-state index is 12.7. The van der Waals surface area contributed by atoms with Gasteiger partial charge in [0.15, 0.2) is 0 Å². The molecule has 1 aromatic rings. The lowest BCUT2D eigenvalue weighted by Crippen LogP contribution is -2.30. The summed E-state index contributed by atoms with van der Waals surface area (Å²) in [7, 11) is -4.84. The summed E-state index contributed by atoms with van der Waals surface area (Å²) in [4.78, 5) is 23.8. The number of amides is 1. The first-order valence-corrected chi connectivity index (χ1v) is 7.50. The molecule has 0 aromatic carbocycles. The van der Waals surface area contributed by atoms with E-state index < -0.39 is 33.0 Å². The average molecular weight is 321 g/mol. The zero-order chi connectivity index (χ0) is 16.0. The summed E-state index contributed by atoms with van der Waals surface area (Å²) in [6.07, 6.45) is 2.21. The SMILES string of the molecule is NC(CCCCNC(=O)c1cc(S(=O)(=O)F)c[nH]1)C(=O)O. The molecule has 1 atom stereocenters. The number of hydrogen-bond donors (Lipinski definition) is 4. The van der Waals surface area contributed by atoms with E-state index in [1.807, 2.05) is 0 Å². The number of unbranched alkanes of at least 4 members (excludes halogenated alkanes) is 1. The van der Waals surface area contributed by atoms with Crippen LogP contribution in [0.1, 0.15) is 29.8 Å². The maximum absolute atomic E-state index is 12.7. The second-order valence-corrected chi connectivity index (χ2v) is 5.73. The number of carboxylic acid groups (broad SMARTS) is 1. The van der Waals surface area contributed by atoms with Crippen molar-refractivity contribution >= 4 is 22.1 Å². The Hall–Kier alpha value is -1.94. The summed E-state index contributed by atoms with van der Waals surface area (Å²) in [5.74, 6) is -1.65. The third-order valence-corrected chi connectivity index (χ3v) is 3.53. The predicted octanol–water partition coefficient (Wildman–Crippen LogP) is -0.0151. The van der Waals surface area contributed by atoms with Gasteiger partial charge >= 0.3 is 16.2 Å². The summed E-state index contributed by atoms with van der Waals surface area (Å²) in [6, 6.07) is -0.0354. The molecule has 118 valence electrons. The number of nitrogens with two attached hydrogens (primary N) is 1. The van der Waals surface area contributed by atoms with Crippen molar-refractivity contribution in [2.45, 2.75) is 30.2 Å². The Labute approximate surface area is 120 Å². The summed E-state index contributed by atoms with van der Waals surface area (Å²) >= 11 is 0. The van der Waals surface area contributed by atoms with E-state index in [0.717, 1.165) is 12.3 Å². The lowest BCUT2D eigenvalue weighted by molar-refractivity contribution is -0.138. The van der Waals surface area contributed by atoms with Gasteiger partial charge in [-0.15, -0.1) is 3.89 Å². The topological polar surface area (TPSA) is 142 Å². The number of aromatic nitrogens is 1. The van der Waals surface area contributed by atoms with Crippen molar-refractivity contribution in [2.75, 3.05) is 6.54 Å². The van der Waals surface area contributed by atoms with Crippen LogP contribution in [-0.2, 0) is 15.0 Å². The van der Waals surface area contributed by atoms with Crippen LogP contribution in [0.5, 0.6) is 0 Å². The molecule has 8 nitrogen and oxygen atoms in total. The van der Waals surface area contributed by atoms with Crippen LogP contribution in [0.4, 0.5) is 3.89 Å². The van der Waals surface area contributed by atoms with Crippen LogP contribution < -0.4 is 11.1 Å². The quantitative estimate of drug-likeness (QED) is 0.391. The van der Waals surface area contributed by atoms with E-state index in [9.17, 15) is 21.9 Å². The number of carboxylic acids is 1. The lowest BCUT2D eigenvalue weighted by atomic mass is 10.1. The van der Waals surface area contributed by atoms with Gasteiger partial charge in [0.05, 0.1) is 0 Å². The Bertz CT molecular complexity index is 613. The molecular weight excluding hydrogens is 305 g/mol. The Morgan fingerprint density at radius 1 is 1.43 bits per heavy atom. The number of aliphatic carboxylic acids is 1. The van der Waals surface area contributed by atoms with Crippen LogP contribution in [-0.4, -0.2) is 43.0 Å². The summed E-state index contributed by atoms with van der Waals surface area (Å²) in [5.41, 5.74) is 5.23. The summed E-state index contributed by atoms with van der Waals surface area (Å²) in [6.45, 7) is 0.266. The molecule has 5 N–H and O–H groups in total. The number of hydrogen-bond acceptors (Lipinski definition) is 5. The van der Waals surface area contributed by atoms with E-state index in [1.54, 1.807) is 0 Å². The van der Waals surface area contributed by atoms with E-state index >= 15 is 0 Å². The van der Waals surface area contributed by atoms with Crippen molar-refractivity contribution in [1.29, 1.82) is 0 Å². The molecular formula is C11H16FN3O5S. The van der Waals surface area contributed by atoms with Crippen molar-refractivity contribution in [3.05, 3.63) is 18.0 Å². The van der Waals surface area contributed by atoms with Crippen molar-refractivity contribution in [3.8, 4) is 0 Å². The van der Waals surface area contributed by atoms with Gasteiger partial charge < -0.3 is 21.1 Å². The van der Waals surface area contributed by atoms with Gasteiger partial charge in [0.2, 0.25) is 0 Å². The Morgan fingerprint density at radius 3 is 2.62 bits per heavy atom. The molecule has 0 aliphatic heterocycles. The molecule has 10 heteroatoms. The van der Waals surface area contributed by atoms with Crippen LogP contribution in [0, 0.1) is 0 Å². The van der Waals surface area contributed by atoms with Gasteiger partial charge in [0.25, 0.3) is 5.91 Å². The highest BCUT2D eigenvalue weighted by Gasteiger charge is 2.17. The fourth-order valence-electron chi connectivity index (χ4n) is 1.56. The molecule has 0 bridgehead atoms. The number of H-pyrrole nitrogens is 1. The molecule has 1 rings (SSSR count). The molecule has 0 aliphatic rings. The first-order chi connectivity index (χ1) is 9.71. The van der Waals surface area contributed by atoms with Crippen LogP contribution in [0.15, 0.2) is 17.2 Å². The average Bonchev–Trinajstić information content (AvgIpc) is 2.87. The number of carbonyl (C=O) groups excluding carboxylic acids is 1. The standard InChI is InChI=1S/C11H16FN3O5S/c12-21(19,20)7-5-9(15-6-7)10(16)14-4-2-1-3-8(13)11(17)18/h5-6,8,15H,1-4,13H2,(H,14,16)(H,17,18). The molecule has 1 heterocycles. The van der Waals surface area contributed by atoms with Crippen molar-refractivity contribution in [2.24, 2.45) is 5.73 Å². The molecule has 1 unspecified atom stereocenters. The van der Waals surface area contributed by atoms with Gasteiger partial charge in [-0.3, -0.25) is 9.59 Å². The number of halogens is 1. The van der Waals surface area contributed by atoms with E-state index in [1.165, 1.54) is 0 Å². The number of rotatable bonds is 8. The number of aromatic amines is 1. The molecule has 1 aromatic heterocycles. The minimum atomic E-state index is -4.84.